The van der Waals surface area contributed by atoms with Gasteiger partial charge < -0.3 is 10.6 Å². The molecule has 0 saturated carbocycles. The highest BCUT2D eigenvalue weighted by molar-refractivity contribution is 4.77. The van der Waals surface area contributed by atoms with E-state index in [4.69, 9.17) is 5.73 Å². The highest BCUT2D eigenvalue weighted by Gasteiger charge is 2.23. The van der Waals surface area contributed by atoms with E-state index in [1.165, 1.54) is 32.4 Å². The molecule has 2 nitrogen and oxygen atoms in total. The van der Waals surface area contributed by atoms with Crippen molar-refractivity contribution in [3.8, 4) is 0 Å². The Kier molecular flexibility index (Phi) is 4.90. The molecule has 0 aliphatic carbocycles. The Bertz CT molecular complexity index is 158. The first-order valence-electron chi connectivity index (χ1n) is 6.11. The molecule has 0 radical (unpaired) electrons. The Morgan fingerprint density at radius 2 is 2.07 bits per heavy atom. The van der Waals surface area contributed by atoms with E-state index in [0.717, 1.165) is 18.4 Å². The molecule has 1 aliphatic rings. The first-order valence-corrected chi connectivity index (χ1v) is 6.11. The van der Waals surface area contributed by atoms with E-state index in [0.29, 0.717) is 6.04 Å². The van der Waals surface area contributed by atoms with Crippen molar-refractivity contribution in [1.82, 2.24) is 4.90 Å². The summed E-state index contributed by atoms with van der Waals surface area (Å²) < 4.78 is 0. The summed E-state index contributed by atoms with van der Waals surface area (Å²) in [6.07, 6.45) is 3.72. The number of piperidine rings is 1. The second-order valence-electron chi connectivity index (χ2n) is 5.05. The molecule has 1 aliphatic heterocycles. The zero-order valence-electron chi connectivity index (χ0n) is 10.00. The molecular formula is C12H26N2. The number of hydrogen-bond acceptors (Lipinski definition) is 2. The summed E-state index contributed by atoms with van der Waals surface area (Å²) in [5.74, 6) is 1.74. The molecule has 0 aromatic heterocycles. The number of rotatable bonds is 4. The van der Waals surface area contributed by atoms with Gasteiger partial charge in [0.2, 0.25) is 0 Å². The first kappa shape index (κ1) is 12.0. The maximum atomic E-state index is 6.05. The number of nitrogens with zero attached hydrogens (tertiary/aromatic N) is 1. The van der Waals surface area contributed by atoms with E-state index in [1.54, 1.807) is 0 Å². The first-order chi connectivity index (χ1) is 6.63. The maximum Gasteiger partial charge on any atom is 0.0167 e. The molecule has 2 heteroatoms. The third kappa shape index (κ3) is 3.58. The van der Waals surface area contributed by atoms with Crippen LogP contribution in [0.15, 0.2) is 0 Å². The number of hydrogen-bond donors (Lipinski definition) is 1. The fourth-order valence-corrected chi connectivity index (χ4v) is 2.31. The van der Waals surface area contributed by atoms with Crippen LogP contribution in [0, 0.1) is 11.8 Å². The molecule has 0 amide bonds. The lowest BCUT2D eigenvalue weighted by Crippen LogP contribution is -2.44. The highest BCUT2D eigenvalue weighted by Crippen LogP contribution is 2.22. The Labute approximate surface area is 88.8 Å². The average Bonchev–Trinajstić information content (AvgIpc) is 2.12. The Morgan fingerprint density at radius 3 is 2.64 bits per heavy atom. The molecule has 3 atom stereocenters. The zero-order chi connectivity index (χ0) is 10.6. The number of likely N-dealkylation sites (tertiary alicyclic amines) is 1. The Hall–Kier alpha value is -0.0800. The summed E-state index contributed by atoms with van der Waals surface area (Å²) in [5, 5.41) is 0. The van der Waals surface area contributed by atoms with E-state index in [1.807, 2.05) is 0 Å². The lowest BCUT2D eigenvalue weighted by atomic mass is 9.88. The summed E-state index contributed by atoms with van der Waals surface area (Å²) in [7, 11) is 0. The van der Waals surface area contributed by atoms with Crippen molar-refractivity contribution in [2.24, 2.45) is 17.6 Å². The molecule has 0 aromatic carbocycles. The van der Waals surface area contributed by atoms with Gasteiger partial charge in [-0.05, 0) is 31.2 Å². The third-order valence-corrected chi connectivity index (χ3v) is 3.57. The van der Waals surface area contributed by atoms with Gasteiger partial charge in [0.25, 0.3) is 0 Å². The van der Waals surface area contributed by atoms with Gasteiger partial charge in [0.15, 0.2) is 0 Å². The van der Waals surface area contributed by atoms with Gasteiger partial charge in [-0.1, -0.05) is 27.2 Å². The predicted molar refractivity (Wildman–Crippen MR) is 62.3 cm³/mol. The monoisotopic (exact) mass is 198 g/mol. The summed E-state index contributed by atoms with van der Waals surface area (Å²) in [6.45, 7) is 10.5. The molecule has 0 spiro atoms. The van der Waals surface area contributed by atoms with Crippen molar-refractivity contribution in [2.45, 2.75) is 46.1 Å². The quantitative estimate of drug-likeness (QED) is 0.749. The molecule has 1 heterocycles. The van der Waals surface area contributed by atoms with Crippen LogP contribution in [0.5, 0.6) is 0 Å². The average molecular weight is 198 g/mol. The molecule has 1 fully saturated rings. The second kappa shape index (κ2) is 5.72. The zero-order valence-corrected chi connectivity index (χ0v) is 10.00. The normalized spacial score (nSPS) is 31.7. The fraction of sp³-hybridized carbons (Fsp3) is 1.00. The van der Waals surface area contributed by atoms with Crippen molar-refractivity contribution in [3.63, 3.8) is 0 Å². The van der Waals surface area contributed by atoms with Gasteiger partial charge in [-0.15, -0.1) is 0 Å². The van der Waals surface area contributed by atoms with E-state index < -0.39 is 0 Å². The van der Waals surface area contributed by atoms with Crippen LogP contribution in [0.25, 0.3) is 0 Å². The van der Waals surface area contributed by atoms with Crippen LogP contribution in [0.3, 0.4) is 0 Å². The van der Waals surface area contributed by atoms with Crippen LogP contribution in [0.4, 0.5) is 0 Å². The van der Waals surface area contributed by atoms with Crippen LogP contribution in [-0.4, -0.2) is 30.6 Å². The molecule has 14 heavy (non-hydrogen) atoms. The summed E-state index contributed by atoms with van der Waals surface area (Å²) in [6, 6.07) is 0.389. The maximum absolute atomic E-state index is 6.05. The minimum atomic E-state index is 0.389. The Morgan fingerprint density at radius 1 is 1.36 bits per heavy atom. The number of nitrogens with two attached hydrogens (primary N) is 1. The summed E-state index contributed by atoms with van der Waals surface area (Å²) in [5.41, 5.74) is 6.05. The minimum Gasteiger partial charge on any atom is -0.327 e. The van der Waals surface area contributed by atoms with Gasteiger partial charge in [-0.3, -0.25) is 0 Å². The molecule has 84 valence electrons. The van der Waals surface area contributed by atoms with Gasteiger partial charge in [0.05, 0.1) is 0 Å². The van der Waals surface area contributed by atoms with Crippen LogP contribution < -0.4 is 5.73 Å². The van der Waals surface area contributed by atoms with Crippen molar-refractivity contribution >= 4 is 0 Å². The van der Waals surface area contributed by atoms with Crippen LogP contribution in [-0.2, 0) is 0 Å². The van der Waals surface area contributed by atoms with Crippen LogP contribution >= 0.6 is 0 Å². The van der Waals surface area contributed by atoms with Crippen molar-refractivity contribution in [1.29, 1.82) is 0 Å². The van der Waals surface area contributed by atoms with Crippen LogP contribution in [0.1, 0.15) is 40.0 Å². The lowest BCUT2D eigenvalue weighted by molar-refractivity contribution is 0.130. The van der Waals surface area contributed by atoms with Gasteiger partial charge in [0.1, 0.15) is 0 Å². The smallest absolute Gasteiger partial charge is 0.0167 e. The molecule has 1 saturated heterocycles. The van der Waals surface area contributed by atoms with E-state index in [-0.39, 0.29) is 0 Å². The Balaban J connectivity index is 2.25. The van der Waals surface area contributed by atoms with E-state index in [9.17, 15) is 0 Å². The standard InChI is InChI=1S/C12H26N2/c1-4-5-12(13)9-14-7-6-10(2)11(3)8-14/h10-12H,4-9,13H2,1-3H3. The second-order valence-corrected chi connectivity index (χ2v) is 5.05. The SMILES string of the molecule is CCCC(N)CN1CCC(C)C(C)C1. The van der Waals surface area contributed by atoms with E-state index in [2.05, 4.69) is 25.7 Å². The van der Waals surface area contributed by atoms with Gasteiger partial charge >= 0.3 is 0 Å². The topological polar surface area (TPSA) is 29.3 Å². The molecular weight excluding hydrogens is 172 g/mol. The molecule has 3 unspecified atom stereocenters. The predicted octanol–water partition coefficient (Wildman–Crippen LogP) is 2.09. The molecule has 0 aromatic rings. The van der Waals surface area contributed by atoms with Crippen molar-refractivity contribution in [3.05, 3.63) is 0 Å². The highest BCUT2D eigenvalue weighted by atomic mass is 15.1. The summed E-state index contributed by atoms with van der Waals surface area (Å²) >= 11 is 0. The molecule has 0 bridgehead atoms. The van der Waals surface area contributed by atoms with Crippen molar-refractivity contribution < 1.29 is 0 Å². The van der Waals surface area contributed by atoms with E-state index >= 15 is 0 Å². The third-order valence-electron chi connectivity index (χ3n) is 3.57. The summed E-state index contributed by atoms with van der Waals surface area (Å²) in [4.78, 5) is 2.55. The van der Waals surface area contributed by atoms with Gasteiger partial charge in [-0.2, -0.15) is 0 Å². The minimum absolute atomic E-state index is 0.389. The van der Waals surface area contributed by atoms with Crippen LogP contribution in [0.2, 0.25) is 0 Å². The van der Waals surface area contributed by atoms with Gasteiger partial charge in [0, 0.05) is 19.1 Å². The fourth-order valence-electron chi connectivity index (χ4n) is 2.31. The van der Waals surface area contributed by atoms with Crippen molar-refractivity contribution in [2.75, 3.05) is 19.6 Å². The molecule has 1 rings (SSSR count). The largest absolute Gasteiger partial charge is 0.327 e. The van der Waals surface area contributed by atoms with Gasteiger partial charge in [-0.25, -0.2) is 0 Å². The molecule has 2 N–H and O–H groups in total. The lowest BCUT2D eigenvalue weighted by Gasteiger charge is -2.36.